The molecule has 2 saturated heterocycles. The smallest absolute Gasteiger partial charge is 0.257 e. The number of likely N-dealkylation sites (tertiary alicyclic amines) is 2. The largest absolute Gasteiger partial charge is 0.496 e. The van der Waals surface area contributed by atoms with Gasteiger partial charge in [-0.15, -0.1) is 0 Å². The minimum atomic E-state index is -0.0466. The maximum absolute atomic E-state index is 13.5. The number of hydrogen-bond acceptors (Lipinski definition) is 8. The molecule has 4 heterocycles. The zero-order valence-corrected chi connectivity index (χ0v) is 21.8. The fourth-order valence-corrected chi connectivity index (χ4v) is 6.66. The Morgan fingerprint density at radius 1 is 1.22 bits per heavy atom. The van der Waals surface area contributed by atoms with Gasteiger partial charge in [0.2, 0.25) is 5.91 Å². The molecular weight excluding hydrogens is 494 g/mol. The summed E-state index contributed by atoms with van der Waals surface area (Å²) in [6, 6.07) is 9.51. The van der Waals surface area contributed by atoms with Gasteiger partial charge in [-0.3, -0.25) is 9.59 Å². The van der Waals surface area contributed by atoms with Crippen LogP contribution in [0.25, 0.3) is 0 Å². The van der Waals surface area contributed by atoms with Gasteiger partial charge in [-0.1, -0.05) is 35.7 Å². The van der Waals surface area contributed by atoms with Crippen molar-refractivity contribution in [2.75, 3.05) is 38.6 Å². The van der Waals surface area contributed by atoms with Crippen molar-refractivity contribution >= 4 is 45.9 Å². The minimum absolute atomic E-state index is 0.0104. The number of anilines is 2. The van der Waals surface area contributed by atoms with Gasteiger partial charge in [-0.2, -0.15) is 0 Å². The van der Waals surface area contributed by atoms with Crippen LogP contribution in [0.3, 0.4) is 0 Å². The molecule has 36 heavy (non-hydrogen) atoms. The van der Waals surface area contributed by atoms with Crippen LogP contribution in [0.15, 0.2) is 64.5 Å². The van der Waals surface area contributed by atoms with E-state index < -0.39 is 0 Å². The maximum atomic E-state index is 13.5. The zero-order chi connectivity index (χ0) is 25.3. The number of pyridine rings is 1. The Kier molecular flexibility index (Phi) is 6.72. The average molecular weight is 522 g/mol. The van der Waals surface area contributed by atoms with E-state index in [9.17, 15) is 9.59 Å². The number of rotatable bonds is 7. The average Bonchev–Trinajstić information content (AvgIpc) is 3.51. The number of carbonyl (C=O) groups is 2. The highest BCUT2D eigenvalue weighted by Crippen LogP contribution is 2.42. The Balaban J connectivity index is 1.29. The minimum Gasteiger partial charge on any atom is -0.496 e. The standard InChI is InChI=1S/C26H27N5O3S2/c1-4-22(32)30-10-8-26(14-30)15-31(16-26)24(33)18-12-20(17(2)11-19(18)34-3)35-23-13-28-25(36-23)29-21-7-5-6-9-27-21/h4-7,9,11-13H,1,8,10,14-16H2,2-3H3,(H,27,28,29). The molecule has 3 aromatic rings. The number of nitrogens with zero attached hydrogens (tertiary/aromatic N) is 4. The van der Waals surface area contributed by atoms with Gasteiger partial charge in [0.05, 0.1) is 23.1 Å². The summed E-state index contributed by atoms with van der Waals surface area (Å²) in [6.07, 6.45) is 5.82. The van der Waals surface area contributed by atoms with Crippen LogP contribution in [0.5, 0.6) is 5.75 Å². The van der Waals surface area contributed by atoms with Crippen molar-refractivity contribution in [3.05, 3.63) is 66.5 Å². The van der Waals surface area contributed by atoms with E-state index in [2.05, 4.69) is 21.9 Å². The molecule has 1 spiro atoms. The molecule has 10 heteroatoms. The van der Waals surface area contributed by atoms with Crippen LogP contribution in [0.4, 0.5) is 10.9 Å². The molecule has 8 nitrogen and oxygen atoms in total. The second-order valence-corrected chi connectivity index (χ2v) is 11.5. The molecule has 2 aliphatic heterocycles. The van der Waals surface area contributed by atoms with E-state index in [1.807, 2.05) is 53.3 Å². The Hall–Kier alpha value is -3.37. The molecule has 2 aliphatic rings. The maximum Gasteiger partial charge on any atom is 0.257 e. The fourth-order valence-electron chi connectivity index (χ4n) is 4.71. The molecule has 0 bridgehead atoms. The molecule has 0 aliphatic carbocycles. The summed E-state index contributed by atoms with van der Waals surface area (Å²) in [5.41, 5.74) is 1.56. The normalized spacial score (nSPS) is 16.1. The molecule has 0 unspecified atom stereocenters. The molecule has 5 rings (SSSR count). The summed E-state index contributed by atoms with van der Waals surface area (Å²) >= 11 is 3.10. The van der Waals surface area contributed by atoms with E-state index in [0.29, 0.717) is 37.5 Å². The van der Waals surface area contributed by atoms with E-state index in [-0.39, 0.29) is 17.2 Å². The molecule has 0 radical (unpaired) electrons. The zero-order valence-electron chi connectivity index (χ0n) is 20.2. The first-order chi connectivity index (χ1) is 17.4. The van der Waals surface area contributed by atoms with E-state index in [0.717, 1.165) is 32.0 Å². The molecule has 186 valence electrons. The summed E-state index contributed by atoms with van der Waals surface area (Å²) in [5, 5.41) is 3.97. The molecule has 0 saturated carbocycles. The van der Waals surface area contributed by atoms with E-state index in [4.69, 9.17) is 4.74 Å². The predicted octanol–water partition coefficient (Wildman–Crippen LogP) is 4.61. The van der Waals surface area contributed by atoms with Crippen LogP contribution < -0.4 is 10.1 Å². The van der Waals surface area contributed by atoms with Crippen LogP contribution in [-0.4, -0.2) is 64.9 Å². The van der Waals surface area contributed by atoms with Crippen molar-refractivity contribution in [3.8, 4) is 5.75 Å². The highest BCUT2D eigenvalue weighted by atomic mass is 32.2. The van der Waals surface area contributed by atoms with Gasteiger partial charge in [-0.25, -0.2) is 9.97 Å². The van der Waals surface area contributed by atoms with Gasteiger partial charge in [0.15, 0.2) is 5.13 Å². The Morgan fingerprint density at radius 2 is 2.03 bits per heavy atom. The lowest BCUT2D eigenvalue weighted by atomic mass is 9.78. The Bertz CT molecular complexity index is 1300. The van der Waals surface area contributed by atoms with E-state index in [1.165, 1.54) is 17.4 Å². The first-order valence-corrected chi connectivity index (χ1v) is 13.2. The number of hydrogen-bond donors (Lipinski definition) is 1. The van der Waals surface area contributed by atoms with Crippen LogP contribution in [0.1, 0.15) is 22.3 Å². The van der Waals surface area contributed by atoms with Crippen molar-refractivity contribution < 1.29 is 14.3 Å². The van der Waals surface area contributed by atoms with Crippen molar-refractivity contribution in [2.24, 2.45) is 5.41 Å². The number of thiazole rings is 1. The number of carbonyl (C=O) groups excluding carboxylic acids is 2. The van der Waals surface area contributed by atoms with Gasteiger partial charge in [0.1, 0.15) is 11.6 Å². The van der Waals surface area contributed by atoms with Gasteiger partial charge < -0.3 is 19.9 Å². The van der Waals surface area contributed by atoms with Crippen molar-refractivity contribution in [2.45, 2.75) is 22.4 Å². The number of ether oxygens (including phenoxy) is 1. The fraction of sp³-hybridized carbons (Fsp3) is 0.308. The molecule has 2 amide bonds. The lowest BCUT2D eigenvalue weighted by molar-refractivity contribution is -0.125. The highest BCUT2D eigenvalue weighted by Gasteiger charge is 2.50. The van der Waals surface area contributed by atoms with Crippen LogP contribution >= 0.6 is 23.1 Å². The van der Waals surface area contributed by atoms with E-state index >= 15 is 0 Å². The Morgan fingerprint density at radius 3 is 2.75 bits per heavy atom. The third kappa shape index (κ3) is 4.83. The van der Waals surface area contributed by atoms with Crippen molar-refractivity contribution in [1.82, 2.24) is 19.8 Å². The van der Waals surface area contributed by atoms with Crippen molar-refractivity contribution in [3.63, 3.8) is 0 Å². The molecule has 1 N–H and O–H groups in total. The molecule has 2 aromatic heterocycles. The molecule has 0 atom stereocenters. The molecule has 1 aromatic carbocycles. The highest BCUT2D eigenvalue weighted by molar-refractivity contribution is 8.01. The second-order valence-electron chi connectivity index (χ2n) is 9.12. The molecule has 2 fully saturated rings. The third-order valence-corrected chi connectivity index (χ3v) is 8.76. The Labute approximate surface area is 218 Å². The lowest BCUT2D eigenvalue weighted by Crippen LogP contribution is -2.59. The number of aryl methyl sites for hydroxylation is 1. The van der Waals surface area contributed by atoms with Crippen LogP contribution in [0, 0.1) is 12.3 Å². The third-order valence-electron chi connectivity index (χ3n) is 6.59. The first kappa shape index (κ1) is 24.3. The monoisotopic (exact) mass is 521 g/mol. The van der Waals surface area contributed by atoms with Gasteiger partial charge >= 0.3 is 0 Å². The second kappa shape index (κ2) is 9.94. The lowest BCUT2D eigenvalue weighted by Gasteiger charge is -2.48. The number of aromatic nitrogens is 2. The summed E-state index contributed by atoms with van der Waals surface area (Å²) in [5.74, 6) is 1.22. The van der Waals surface area contributed by atoms with Gasteiger partial charge in [0, 0.05) is 42.7 Å². The topological polar surface area (TPSA) is 87.7 Å². The summed E-state index contributed by atoms with van der Waals surface area (Å²) < 4.78 is 6.58. The summed E-state index contributed by atoms with van der Waals surface area (Å²) in [7, 11) is 1.59. The quantitative estimate of drug-likeness (QED) is 0.454. The number of nitrogens with one attached hydrogen (secondary N) is 1. The summed E-state index contributed by atoms with van der Waals surface area (Å²) in [6.45, 7) is 8.27. The van der Waals surface area contributed by atoms with Gasteiger partial charge in [-0.05, 0) is 49.2 Å². The molecular formula is C26H27N5O3S2. The van der Waals surface area contributed by atoms with Gasteiger partial charge in [0.25, 0.3) is 5.91 Å². The van der Waals surface area contributed by atoms with Crippen LogP contribution in [-0.2, 0) is 4.79 Å². The number of benzene rings is 1. The van der Waals surface area contributed by atoms with Crippen LogP contribution in [0.2, 0.25) is 0 Å². The van der Waals surface area contributed by atoms with E-state index in [1.54, 1.807) is 25.1 Å². The first-order valence-electron chi connectivity index (χ1n) is 11.6. The van der Waals surface area contributed by atoms with Crippen molar-refractivity contribution in [1.29, 1.82) is 0 Å². The SMILES string of the molecule is C=CC(=O)N1CCC2(C1)CN(C(=O)c1cc(Sc3cnc(Nc4ccccn4)s3)c(C)cc1OC)C2. The number of amides is 2. The predicted molar refractivity (Wildman–Crippen MR) is 141 cm³/mol. The number of methoxy groups -OCH3 is 1. The summed E-state index contributed by atoms with van der Waals surface area (Å²) in [4.78, 5) is 38.8.